The van der Waals surface area contributed by atoms with Gasteiger partial charge < -0.3 is 14.9 Å². The number of hydrogen-bond acceptors (Lipinski definition) is 3. The van der Waals surface area contributed by atoms with Crippen LogP contribution < -0.4 is 0 Å². The molecular formula is C11H20O4. The van der Waals surface area contributed by atoms with Gasteiger partial charge in [0.2, 0.25) is 0 Å². The second-order valence-corrected chi connectivity index (χ2v) is 4.39. The molecule has 1 saturated carbocycles. The lowest BCUT2D eigenvalue weighted by molar-refractivity contribution is -0.163. The average molecular weight is 216 g/mol. The highest BCUT2D eigenvalue weighted by Gasteiger charge is 2.33. The number of aliphatic hydroxyl groups is 1. The van der Waals surface area contributed by atoms with Crippen LogP contribution in [0.3, 0.4) is 0 Å². The fourth-order valence-electron chi connectivity index (χ4n) is 1.98. The molecule has 15 heavy (non-hydrogen) atoms. The van der Waals surface area contributed by atoms with E-state index in [2.05, 4.69) is 0 Å². The van der Waals surface area contributed by atoms with Crippen molar-refractivity contribution < 1.29 is 19.7 Å². The van der Waals surface area contributed by atoms with Gasteiger partial charge >= 0.3 is 5.97 Å². The molecule has 88 valence electrons. The van der Waals surface area contributed by atoms with E-state index in [0.717, 1.165) is 25.7 Å². The molecule has 2 N–H and O–H groups in total. The number of hydrogen-bond donors (Lipinski definition) is 2. The summed E-state index contributed by atoms with van der Waals surface area (Å²) in [6.07, 6.45) is 2.20. The summed E-state index contributed by atoms with van der Waals surface area (Å²) in [6, 6.07) is 0. The molecule has 0 amide bonds. The van der Waals surface area contributed by atoms with E-state index in [-0.39, 0.29) is 5.92 Å². The third kappa shape index (κ3) is 3.47. The smallest absolute Gasteiger partial charge is 0.333 e. The van der Waals surface area contributed by atoms with E-state index in [0.29, 0.717) is 0 Å². The normalized spacial score (nSPS) is 23.7. The summed E-state index contributed by atoms with van der Waals surface area (Å²) in [4.78, 5) is 11.0. The SMILES string of the molecule is CC(O)C(C)OC(C(=O)O)C1CCCC1. The Morgan fingerprint density at radius 1 is 1.33 bits per heavy atom. The van der Waals surface area contributed by atoms with Crippen LogP contribution in [0.1, 0.15) is 39.5 Å². The first-order valence-corrected chi connectivity index (χ1v) is 5.58. The summed E-state index contributed by atoms with van der Waals surface area (Å²) in [6.45, 7) is 3.31. The van der Waals surface area contributed by atoms with Crippen LogP contribution in [0.25, 0.3) is 0 Å². The lowest BCUT2D eigenvalue weighted by Crippen LogP contribution is -2.37. The van der Waals surface area contributed by atoms with Crippen LogP contribution in [0.4, 0.5) is 0 Å². The molecular weight excluding hydrogens is 196 g/mol. The number of carboxylic acids is 1. The standard InChI is InChI=1S/C11H20O4/c1-7(12)8(2)15-10(11(13)14)9-5-3-4-6-9/h7-10,12H,3-6H2,1-2H3,(H,13,14). The Hall–Kier alpha value is -0.610. The Kier molecular flexibility index (Phi) is 4.54. The molecule has 3 atom stereocenters. The van der Waals surface area contributed by atoms with Gasteiger partial charge in [0.05, 0.1) is 12.2 Å². The van der Waals surface area contributed by atoms with Crippen LogP contribution in [0.5, 0.6) is 0 Å². The first kappa shape index (κ1) is 12.5. The Bertz CT molecular complexity index is 209. The van der Waals surface area contributed by atoms with E-state index in [1.54, 1.807) is 13.8 Å². The van der Waals surface area contributed by atoms with Crippen molar-refractivity contribution in [2.75, 3.05) is 0 Å². The van der Waals surface area contributed by atoms with Crippen molar-refractivity contribution in [3.63, 3.8) is 0 Å². The van der Waals surface area contributed by atoms with Crippen molar-refractivity contribution in [2.24, 2.45) is 5.92 Å². The van der Waals surface area contributed by atoms with Gasteiger partial charge in [-0.25, -0.2) is 4.79 Å². The number of aliphatic carboxylic acids is 1. The molecule has 0 aromatic heterocycles. The summed E-state index contributed by atoms with van der Waals surface area (Å²) in [5.41, 5.74) is 0. The van der Waals surface area contributed by atoms with Gasteiger partial charge in [-0.15, -0.1) is 0 Å². The molecule has 4 heteroatoms. The molecule has 1 aliphatic rings. The van der Waals surface area contributed by atoms with Crippen molar-refractivity contribution in [1.82, 2.24) is 0 Å². The topological polar surface area (TPSA) is 66.8 Å². The molecule has 0 radical (unpaired) electrons. The summed E-state index contributed by atoms with van der Waals surface area (Å²) in [7, 11) is 0. The molecule has 0 spiro atoms. The minimum atomic E-state index is -0.908. The Balaban J connectivity index is 2.53. The highest BCUT2D eigenvalue weighted by Crippen LogP contribution is 2.30. The highest BCUT2D eigenvalue weighted by atomic mass is 16.5. The molecule has 0 heterocycles. The van der Waals surface area contributed by atoms with Crippen LogP contribution in [0.15, 0.2) is 0 Å². The number of ether oxygens (including phenoxy) is 1. The second-order valence-electron chi connectivity index (χ2n) is 4.39. The molecule has 0 aromatic carbocycles. The monoisotopic (exact) mass is 216 g/mol. The number of carbonyl (C=O) groups is 1. The summed E-state index contributed by atoms with van der Waals surface area (Å²) in [5.74, 6) is -0.793. The van der Waals surface area contributed by atoms with Gasteiger partial charge in [-0.1, -0.05) is 12.8 Å². The zero-order chi connectivity index (χ0) is 11.4. The van der Waals surface area contributed by atoms with Gasteiger partial charge in [0.15, 0.2) is 6.10 Å². The third-order valence-electron chi connectivity index (χ3n) is 3.11. The molecule has 0 aromatic rings. The zero-order valence-corrected chi connectivity index (χ0v) is 9.35. The van der Waals surface area contributed by atoms with Crippen molar-refractivity contribution in [1.29, 1.82) is 0 Å². The van der Waals surface area contributed by atoms with Crippen molar-refractivity contribution in [2.45, 2.75) is 57.8 Å². The summed E-state index contributed by atoms with van der Waals surface area (Å²) >= 11 is 0. The van der Waals surface area contributed by atoms with Gasteiger partial charge in [-0.05, 0) is 32.6 Å². The molecule has 4 nitrogen and oxygen atoms in total. The molecule has 1 rings (SSSR count). The van der Waals surface area contributed by atoms with E-state index >= 15 is 0 Å². The summed E-state index contributed by atoms with van der Waals surface area (Å²) in [5, 5.41) is 18.3. The Morgan fingerprint density at radius 3 is 2.27 bits per heavy atom. The fourth-order valence-corrected chi connectivity index (χ4v) is 1.98. The van der Waals surface area contributed by atoms with Crippen molar-refractivity contribution in [3.8, 4) is 0 Å². The number of aliphatic hydroxyl groups excluding tert-OH is 1. The zero-order valence-electron chi connectivity index (χ0n) is 9.35. The van der Waals surface area contributed by atoms with E-state index in [1.807, 2.05) is 0 Å². The molecule has 0 saturated heterocycles. The van der Waals surface area contributed by atoms with Gasteiger partial charge in [0, 0.05) is 0 Å². The van der Waals surface area contributed by atoms with Gasteiger partial charge in [-0.3, -0.25) is 0 Å². The van der Waals surface area contributed by atoms with Gasteiger partial charge in [-0.2, -0.15) is 0 Å². The minimum absolute atomic E-state index is 0.115. The van der Waals surface area contributed by atoms with Crippen LogP contribution in [-0.4, -0.2) is 34.5 Å². The van der Waals surface area contributed by atoms with Crippen LogP contribution in [-0.2, 0) is 9.53 Å². The summed E-state index contributed by atoms with van der Waals surface area (Å²) < 4.78 is 5.41. The average Bonchev–Trinajstić information content (AvgIpc) is 2.65. The van der Waals surface area contributed by atoms with Crippen molar-refractivity contribution in [3.05, 3.63) is 0 Å². The van der Waals surface area contributed by atoms with E-state index < -0.39 is 24.3 Å². The lowest BCUT2D eigenvalue weighted by atomic mass is 10.0. The first-order chi connectivity index (χ1) is 7.02. The maximum Gasteiger partial charge on any atom is 0.333 e. The maximum atomic E-state index is 11.0. The number of carboxylic acid groups (broad SMARTS) is 1. The molecule has 0 aliphatic heterocycles. The molecule has 3 unspecified atom stereocenters. The van der Waals surface area contributed by atoms with Gasteiger partial charge in [0.1, 0.15) is 0 Å². The fraction of sp³-hybridized carbons (Fsp3) is 0.909. The quantitative estimate of drug-likeness (QED) is 0.729. The first-order valence-electron chi connectivity index (χ1n) is 5.58. The predicted molar refractivity (Wildman–Crippen MR) is 55.6 cm³/mol. The van der Waals surface area contributed by atoms with E-state index in [9.17, 15) is 9.90 Å². The largest absolute Gasteiger partial charge is 0.479 e. The van der Waals surface area contributed by atoms with E-state index in [1.165, 1.54) is 0 Å². The third-order valence-corrected chi connectivity index (χ3v) is 3.11. The van der Waals surface area contributed by atoms with Crippen LogP contribution >= 0.6 is 0 Å². The minimum Gasteiger partial charge on any atom is -0.479 e. The maximum absolute atomic E-state index is 11.0. The highest BCUT2D eigenvalue weighted by molar-refractivity contribution is 5.72. The van der Waals surface area contributed by atoms with Crippen LogP contribution in [0, 0.1) is 5.92 Å². The Morgan fingerprint density at radius 2 is 1.87 bits per heavy atom. The second kappa shape index (κ2) is 5.47. The van der Waals surface area contributed by atoms with Crippen LogP contribution in [0.2, 0.25) is 0 Å². The molecule has 0 bridgehead atoms. The van der Waals surface area contributed by atoms with E-state index in [4.69, 9.17) is 9.84 Å². The Labute approximate surface area is 90.2 Å². The van der Waals surface area contributed by atoms with Gasteiger partial charge in [0.25, 0.3) is 0 Å². The lowest BCUT2D eigenvalue weighted by Gasteiger charge is -2.25. The molecule has 1 fully saturated rings. The number of rotatable bonds is 5. The predicted octanol–water partition coefficient (Wildman–Crippen LogP) is 1.42. The van der Waals surface area contributed by atoms with Crippen molar-refractivity contribution >= 4 is 5.97 Å². The molecule has 1 aliphatic carbocycles.